The number of urea groups is 1. The lowest BCUT2D eigenvalue weighted by atomic mass is 10.1. The number of hydrogen-bond acceptors (Lipinski definition) is 3. The zero-order valence-corrected chi connectivity index (χ0v) is 13.5. The minimum atomic E-state index is -0.240. The van der Waals surface area contributed by atoms with Gasteiger partial charge in [0.2, 0.25) is 0 Å². The lowest BCUT2D eigenvalue weighted by molar-refractivity contribution is 0.258. The molecule has 0 aliphatic rings. The lowest BCUT2D eigenvalue weighted by Gasteiger charge is -2.20. The van der Waals surface area contributed by atoms with Crippen molar-refractivity contribution in [3.63, 3.8) is 0 Å². The van der Waals surface area contributed by atoms with Crippen molar-refractivity contribution in [2.45, 2.75) is 0 Å². The minimum Gasteiger partial charge on any atom is -0.495 e. The first kappa shape index (κ1) is 15.6. The maximum absolute atomic E-state index is 12.4. The molecule has 1 heterocycles. The smallest absolute Gasteiger partial charge is 0.326 e. The molecule has 6 heteroatoms. The summed E-state index contributed by atoms with van der Waals surface area (Å²) in [5.74, 6) is 0.644. The van der Waals surface area contributed by atoms with Crippen LogP contribution in [-0.4, -0.2) is 30.4 Å². The summed E-state index contributed by atoms with van der Waals surface area (Å²) in [6, 6.07) is 14.7. The van der Waals surface area contributed by atoms with Gasteiger partial charge in [0.05, 0.1) is 19.0 Å². The fourth-order valence-electron chi connectivity index (χ4n) is 2.38. The Morgan fingerprint density at radius 1 is 1.12 bits per heavy atom. The van der Waals surface area contributed by atoms with Crippen LogP contribution in [0.1, 0.15) is 0 Å². The molecule has 2 aromatic carbocycles. The number of aromatic nitrogens is 2. The summed E-state index contributed by atoms with van der Waals surface area (Å²) < 4.78 is 5.29. The fourth-order valence-corrected chi connectivity index (χ4v) is 2.38. The van der Waals surface area contributed by atoms with Crippen molar-refractivity contribution in [2.24, 2.45) is 0 Å². The molecule has 2 amide bonds. The summed E-state index contributed by atoms with van der Waals surface area (Å²) >= 11 is 0. The van der Waals surface area contributed by atoms with Gasteiger partial charge in [-0.15, -0.1) is 0 Å². The van der Waals surface area contributed by atoms with Gasteiger partial charge < -0.3 is 10.1 Å². The Kier molecular flexibility index (Phi) is 4.47. The summed E-state index contributed by atoms with van der Waals surface area (Å²) in [4.78, 5) is 14.0. The molecule has 0 fully saturated rings. The molecular weight excluding hydrogens is 304 g/mol. The van der Waals surface area contributed by atoms with E-state index in [1.807, 2.05) is 54.7 Å². The number of hydrogen-bond donors (Lipinski definition) is 2. The quantitative estimate of drug-likeness (QED) is 0.768. The van der Waals surface area contributed by atoms with Crippen LogP contribution in [0.3, 0.4) is 0 Å². The molecular formula is C18H18N4O2. The third-order valence-corrected chi connectivity index (χ3v) is 3.72. The topological polar surface area (TPSA) is 70.2 Å². The van der Waals surface area contributed by atoms with Crippen LogP contribution in [0.25, 0.3) is 11.1 Å². The fraction of sp³-hybridized carbons (Fsp3) is 0.111. The number of nitrogens with one attached hydrogen (secondary N) is 2. The largest absolute Gasteiger partial charge is 0.495 e. The Morgan fingerprint density at radius 3 is 2.54 bits per heavy atom. The van der Waals surface area contributed by atoms with E-state index in [9.17, 15) is 4.79 Å². The first-order valence-electron chi connectivity index (χ1n) is 7.46. The number of para-hydroxylation sites is 2. The van der Waals surface area contributed by atoms with E-state index in [1.54, 1.807) is 20.4 Å². The molecule has 0 unspecified atom stereocenters. The first-order chi connectivity index (χ1) is 11.7. The molecule has 122 valence electrons. The molecule has 0 spiro atoms. The molecule has 24 heavy (non-hydrogen) atoms. The van der Waals surface area contributed by atoms with Gasteiger partial charge in [-0.25, -0.2) is 4.79 Å². The molecule has 0 atom stereocenters. The molecule has 0 bridgehead atoms. The van der Waals surface area contributed by atoms with Crippen molar-refractivity contribution >= 4 is 17.4 Å². The SMILES string of the molecule is COc1ccccc1N(C)C(=O)Nc1ccc(-c2cn[nH]c2)cc1. The molecule has 0 saturated heterocycles. The second kappa shape index (κ2) is 6.87. The molecule has 0 saturated carbocycles. The summed E-state index contributed by atoms with van der Waals surface area (Å²) in [5.41, 5.74) is 3.44. The van der Waals surface area contributed by atoms with Crippen LogP contribution >= 0.6 is 0 Å². The van der Waals surface area contributed by atoms with Crippen LogP contribution < -0.4 is 15.0 Å². The number of H-pyrrole nitrogens is 1. The molecule has 0 aliphatic heterocycles. The van der Waals surface area contributed by atoms with E-state index in [0.29, 0.717) is 17.1 Å². The average molecular weight is 322 g/mol. The molecule has 2 N–H and O–H groups in total. The molecule has 0 aliphatic carbocycles. The van der Waals surface area contributed by atoms with Crippen molar-refractivity contribution in [2.75, 3.05) is 24.4 Å². The van der Waals surface area contributed by atoms with Crippen LogP contribution in [0.5, 0.6) is 5.75 Å². The second-order valence-electron chi connectivity index (χ2n) is 5.23. The number of aromatic amines is 1. The van der Waals surface area contributed by atoms with Gasteiger partial charge in [-0.3, -0.25) is 10.00 Å². The number of benzene rings is 2. The van der Waals surface area contributed by atoms with Crippen molar-refractivity contribution in [1.82, 2.24) is 10.2 Å². The van der Waals surface area contributed by atoms with Crippen molar-refractivity contribution in [1.29, 1.82) is 0 Å². The highest BCUT2D eigenvalue weighted by Gasteiger charge is 2.14. The van der Waals surface area contributed by atoms with Crippen LogP contribution in [0.4, 0.5) is 16.2 Å². The molecule has 3 rings (SSSR count). The summed E-state index contributed by atoms with van der Waals surface area (Å²) in [7, 11) is 3.28. The number of ether oxygens (including phenoxy) is 1. The summed E-state index contributed by atoms with van der Waals surface area (Å²) in [6.45, 7) is 0. The van der Waals surface area contributed by atoms with Gasteiger partial charge in [-0.05, 0) is 29.8 Å². The zero-order chi connectivity index (χ0) is 16.9. The number of amides is 2. The van der Waals surface area contributed by atoms with Gasteiger partial charge in [0, 0.05) is 24.5 Å². The molecule has 6 nitrogen and oxygen atoms in total. The van der Waals surface area contributed by atoms with Crippen LogP contribution in [0, 0.1) is 0 Å². The highest BCUT2D eigenvalue weighted by molar-refractivity contribution is 6.02. The molecule has 3 aromatic rings. The van der Waals surface area contributed by atoms with Crippen LogP contribution in [0.2, 0.25) is 0 Å². The van der Waals surface area contributed by atoms with Gasteiger partial charge in [-0.1, -0.05) is 24.3 Å². The predicted molar refractivity (Wildman–Crippen MR) is 94.4 cm³/mol. The lowest BCUT2D eigenvalue weighted by Crippen LogP contribution is -2.31. The van der Waals surface area contributed by atoms with Gasteiger partial charge in [0.25, 0.3) is 0 Å². The average Bonchev–Trinajstić information content (AvgIpc) is 3.16. The van der Waals surface area contributed by atoms with E-state index < -0.39 is 0 Å². The van der Waals surface area contributed by atoms with Gasteiger partial charge >= 0.3 is 6.03 Å². The van der Waals surface area contributed by atoms with E-state index in [2.05, 4.69) is 15.5 Å². The van der Waals surface area contributed by atoms with E-state index >= 15 is 0 Å². The van der Waals surface area contributed by atoms with Crippen molar-refractivity contribution < 1.29 is 9.53 Å². The Labute approximate surface area is 140 Å². The van der Waals surface area contributed by atoms with Crippen molar-refractivity contribution in [3.05, 3.63) is 60.9 Å². The number of methoxy groups -OCH3 is 1. The maximum Gasteiger partial charge on any atom is 0.326 e. The number of rotatable bonds is 4. The van der Waals surface area contributed by atoms with E-state index in [-0.39, 0.29) is 6.03 Å². The number of carbonyl (C=O) groups excluding carboxylic acids is 1. The molecule has 0 radical (unpaired) electrons. The maximum atomic E-state index is 12.4. The van der Waals surface area contributed by atoms with Gasteiger partial charge in [-0.2, -0.15) is 5.10 Å². The normalized spacial score (nSPS) is 10.2. The zero-order valence-electron chi connectivity index (χ0n) is 13.5. The monoisotopic (exact) mass is 322 g/mol. The Balaban J connectivity index is 1.72. The summed E-state index contributed by atoms with van der Waals surface area (Å²) in [5, 5.41) is 9.58. The Morgan fingerprint density at radius 2 is 1.88 bits per heavy atom. The van der Waals surface area contributed by atoms with Crippen molar-refractivity contribution in [3.8, 4) is 16.9 Å². The second-order valence-corrected chi connectivity index (χ2v) is 5.23. The van der Waals surface area contributed by atoms with Crippen LogP contribution in [-0.2, 0) is 0 Å². The predicted octanol–water partition coefficient (Wildman–Crippen LogP) is 3.75. The van der Waals surface area contributed by atoms with E-state index in [0.717, 1.165) is 11.1 Å². The van der Waals surface area contributed by atoms with Crippen LogP contribution in [0.15, 0.2) is 60.9 Å². The van der Waals surface area contributed by atoms with E-state index in [1.165, 1.54) is 4.90 Å². The van der Waals surface area contributed by atoms with Gasteiger partial charge in [0.15, 0.2) is 0 Å². The number of anilines is 2. The first-order valence-corrected chi connectivity index (χ1v) is 7.46. The standard InChI is InChI=1S/C18H18N4O2/c1-22(16-5-3-4-6-17(16)24-2)18(23)21-15-9-7-13(8-10-15)14-11-19-20-12-14/h3-12H,1-2H3,(H,19,20)(H,21,23). The highest BCUT2D eigenvalue weighted by atomic mass is 16.5. The third kappa shape index (κ3) is 3.22. The van der Waals surface area contributed by atoms with E-state index in [4.69, 9.17) is 4.74 Å². The summed E-state index contributed by atoms with van der Waals surface area (Å²) in [6.07, 6.45) is 3.58. The Bertz CT molecular complexity index is 813. The number of nitrogens with zero attached hydrogens (tertiary/aromatic N) is 2. The highest BCUT2D eigenvalue weighted by Crippen LogP contribution is 2.27. The third-order valence-electron chi connectivity index (χ3n) is 3.72. The Hall–Kier alpha value is -3.28. The minimum absolute atomic E-state index is 0.240. The molecule has 1 aromatic heterocycles. The number of carbonyl (C=O) groups is 1. The van der Waals surface area contributed by atoms with Gasteiger partial charge in [0.1, 0.15) is 5.75 Å².